The van der Waals surface area contributed by atoms with Crippen molar-refractivity contribution in [2.75, 3.05) is 11.9 Å². The lowest BCUT2D eigenvalue weighted by molar-refractivity contribution is 0.167. The molecule has 1 N–H and O–H groups in total. The summed E-state index contributed by atoms with van der Waals surface area (Å²) in [6.07, 6.45) is 1.71. The van der Waals surface area contributed by atoms with E-state index in [1.165, 1.54) is 6.21 Å². The van der Waals surface area contributed by atoms with Crippen LogP contribution >= 0.6 is 11.6 Å². The van der Waals surface area contributed by atoms with Crippen LogP contribution in [0.3, 0.4) is 0 Å². The fraction of sp³-hybridized carbons (Fsp3) is 0.125. The summed E-state index contributed by atoms with van der Waals surface area (Å²) < 4.78 is 5.42. The lowest BCUT2D eigenvalue weighted by Gasteiger charge is -2.02. The van der Waals surface area contributed by atoms with E-state index in [-0.39, 0.29) is 0 Å². The first-order valence-electron chi connectivity index (χ1n) is 6.73. The van der Waals surface area contributed by atoms with Crippen molar-refractivity contribution < 1.29 is 14.4 Å². The number of amides is 1. The average Bonchev–Trinajstić information content (AvgIpc) is 2.97. The minimum absolute atomic E-state index is 0.583. The van der Waals surface area contributed by atoms with Gasteiger partial charge < -0.3 is 4.74 Å². The summed E-state index contributed by atoms with van der Waals surface area (Å²) in [6.45, 7) is 0.704. The van der Waals surface area contributed by atoms with Crippen molar-refractivity contribution in [3.05, 3.63) is 58.6 Å². The van der Waals surface area contributed by atoms with Gasteiger partial charge in [-0.15, -0.1) is 0 Å². The lowest BCUT2D eigenvalue weighted by Crippen LogP contribution is -2.10. The van der Waals surface area contributed by atoms with Crippen molar-refractivity contribution in [2.24, 2.45) is 5.16 Å². The number of nitrogens with one attached hydrogen (secondary N) is 1. The second kappa shape index (κ2) is 6.49. The first kappa shape index (κ1) is 14.4. The first-order chi connectivity index (χ1) is 10.7. The van der Waals surface area contributed by atoms with E-state index >= 15 is 0 Å². The maximum atomic E-state index is 11.6. The monoisotopic (exact) mass is 316 g/mol. The molecule has 3 rings (SSSR count). The van der Waals surface area contributed by atoms with Gasteiger partial charge in [0.15, 0.2) is 0 Å². The third-order valence-corrected chi connectivity index (χ3v) is 3.39. The number of carbonyl (C=O) groups is 1. The van der Waals surface area contributed by atoms with Crippen molar-refractivity contribution in [3.63, 3.8) is 0 Å². The zero-order chi connectivity index (χ0) is 15.4. The Morgan fingerprint density at radius 1 is 1.27 bits per heavy atom. The number of carbonyl (C=O) groups excluding carboxylic acids is 1. The van der Waals surface area contributed by atoms with Gasteiger partial charge in [0.25, 0.3) is 0 Å². The molecule has 1 amide bonds. The highest BCUT2D eigenvalue weighted by Gasteiger charge is 2.11. The maximum absolute atomic E-state index is 11.6. The number of rotatable bonds is 3. The SMILES string of the molecule is O=C(Nc1ccc(Cl)cc1)O/N=C\c1ccc2c(c1)CCO2. The fourth-order valence-electron chi connectivity index (χ4n) is 2.10. The summed E-state index contributed by atoms with van der Waals surface area (Å²) in [5.41, 5.74) is 2.57. The fourth-order valence-corrected chi connectivity index (χ4v) is 2.22. The van der Waals surface area contributed by atoms with Crippen LogP contribution in [0.25, 0.3) is 0 Å². The largest absolute Gasteiger partial charge is 0.493 e. The van der Waals surface area contributed by atoms with Gasteiger partial charge in [-0.1, -0.05) is 16.8 Å². The lowest BCUT2D eigenvalue weighted by atomic mass is 10.1. The highest BCUT2D eigenvalue weighted by atomic mass is 35.5. The summed E-state index contributed by atoms with van der Waals surface area (Å²) in [6, 6.07) is 12.4. The molecule has 2 aromatic rings. The summed E-state index contributed by atoms with van der Waals surface area (Å²) in [5.74, 6) is 0.901. The molecule has 112 valence electrons. The molecule has 0 spiro atoms. The van der Waals surface area contributed by atoms with E-state index in [4.69, 9.17) is 21.2 Å². The smallest absolute Gasteiger partial charge is 0.437 e. The van der Waals surface area contributed by atoms with Crippen LogP contribution < -0.4 is 10.1 Å². The highest BCUT2D eigenvalue weighted by Crippen LogP contribution is 2.25. The van der Waals surface area contributed by atoms with Crippen LogP contribution in [0.4, 0.5) is 10.5 Å². The van der Waals surface area contributed by atoms with Gasteiger partial charge in [0, 0.05) is 17.1 Å². The normalized spacial score (nSPS) is 12.8. The second-order valence-electron chi connectivity index (χ2n) is 4.71. The quantitative estimate of drug-likeness (QED) is 0.531. The molecule has 6 heteroatoms. The minimum Gasteiger partial charge on any atom is -0.493 e. The van der Waals surface area contributed by atoms with Gasteiger partial charge in [-0.2, -0.15) is 0 Å². The van der Waals surface area contributed by atoms with Gasteiger partial charge in [0.2, 0.25) is 0 Å². The van der Waals surface area contributed by atoms with Crippen LogP contribution in [0.2, 0.25) is 5.02 Å². The van der Waals surface area contributed by atoms with Gasteiger partial charge >= 0.3 is 6.09 Å². The minimum atomic E-state index is -0.664. The maximum Gasteiger partial charge on any atom is 0.437 e. The molecule has 5 nitrogen and oxygen atoms in total. The van der Waals surface area contributed by atoms with Gasteiger partial charge in [-0.25, -0.2) is 4.79 Å². The zero-order valence-corrected chi connectivity index (χ0v) is 12.3. The molecule has 1 aliphatic heterocycles. The third-order valence-electron chi connectivity index (χ3n) is 3.14. The molecule has 0 aromatic heterocycles. The van der Waals surface area contributed by atoms with Crippen molar-refractivity contribution in [1.29, 1.82) is 0 Å². The molecule has 22 heavy (non-hydrogen) atoms. The predicted octanol–water partition coefficient (Wildman–Crippen LogP) is 3.86. The Bertz CT molecular complexity index is 714. The number of ether oxygens (including phenoxy) is 1. The van der Waals surface area contributed by atoms with E-state index < -0.39 is 6.09 Å². The van der Waals surface area contributed by atoms with Gasteiger partial charge in [-0.3, -0.25) is 10.2 Å². The Hall–Kier alpha value is -2.53. The van der Waals surface area contributed by atoms with Crippen LogP contribution in [0.1, 0.15) is 11.1 Å². The molecule has 2 aromatic carbocycles. The number of benzene rings is 2. The van der Waals surface area contributed by atoms with E-state index in [1.807, 2.05) is 18.2 Å². The van der Waals surface area contributed by atoms with E-state index in [1.54, 1.807) is 24.3 Å². The summed E-state index contributed by atoms with van der Waals surface area (Å²) in [5, 5.41) is 6.82. The van der Waals surface area contributed by atoms with Crippen LogP contribution in [0.15, 0.2) is 47.6 Å². The highest BCUT2D eigenvalue weighted by molar-refractivity contribution is 6.30. The first-order valence-corrected chi connectivity index (χ1v) is 7.11. The van der Waals surface area contributed by atoms with Crippen LogP contribution in [-0.4, -0.2) is 18.9 Å². The molecule has 0 bridgehead atoms. The van der Waals surface area contributed by atoms with Gasteiger partial charge in [0.05, 0.1) is 12.8 Å². The molecule has 0 saturated heterocycles. The van der Waals surface area contributed by atoms with Gasteiger partial charge in [0.1, 0.15) is 5.75 Å². The molecule has 0 unspecified atom stereocenters. The molecule has 0 aliphatic carbocycles. The number of hydrogen-bond donors (Lipinski definition) is 1. The second-order valence-corrected chi connectivity index (χ2v) is 5.15. The number of hydrogen-bond acceptors (Lipinski definition) is 4. The van der Waals surface area contributed by atoms with E-state index in [9.17, 15) is 4.79 Å². The van der Waals surface area contributed by atoms with Crippen molar-refractivity contribution in [2.45, 2.75) is 6.42 Å². The van der Waals surface area contributed by atoms with E-state index in [0.717, 1.165) is 23.3 Å². The average molecular weight is 317 g/mol. The zero-order valence-electron chi connectivity index (χ0n) is 11.6. The van der Waals surface area contributed by atoms with E-state index in [0.29, 0.717) is 17.3 Å². The molecular formula is C16H13ClN2O3. The summed E-state index contributed by atoms with van der Waals surface area (Å²) in [7, 11) is 0. The number of anilines is 1. The molecule has 0 atom stereocenters. The molecule has 0 fully saturated rings. The third kappa shape index (κ3) is 3.56. The molecule has 0 radical (unpaired) electrons. The Morgan fingerprint density at radius 2 is 2.09 bits per heavy atom. The number of oxime groups is 1. The number of halogens is 1. The van der Waals surface area contributed by atoms with Crippen molar-refractivity contribution in [1.82, 2.24) is 0 Å². The standard InChI is InChI=1S/C16H13ClN2O3/c17-13-2-4-14(5-3-13)19-16(20)22-18-10-11-1-6-15-12(9-11)7-8-21-15/h1-6,9-10H,7-8H2,(H,19,20)/b18-10-. The molecule has 1 aliphatic rings. The molecular weight excluding hydrogens is 304 g/mol. The number of nitrogens with zero attached hydrogens (tertiary/aromatic N) is 1. The van der Waals surface area contributed by atoms with Crippen molar-refractivity contribution in [3.8, 4) is 5.75 Å². The Balaban J connectivity index is 1.55. The summed E-state index contributed by atoms with van der Waals surface area (Å²) >= 11 is 5.76. The Labute approximate surface area is 132 Å². The molecule has 1 heterocycles. The summed E-state index contributed by atoms with van der Waals surface area (Å²) in [4.78, 5) is 16.3. The Kier molecular flexibility index (Phi) is 4.25. The number of fused-ring (bicyclic) bond motifs is 1. The van der Waals surface area contributed by atoms with Crippen LogP contribution in [0.5, 0.6) is 5.75 Å². The van der Waals surface area contributed by atoms with Crippen molar-refractivity contribution >= 4 is 29.6 Å². The van der Waals surface area contributed by atoms with E-state index in [2.05, 4.69) is 10.5 Å². The van der Waals surface area contributed by atoms with Crippen LogP contribution in [0, 0.1) is 0 Å². The Morgan fingerprint density at radius 3 is 2.91 bits per heavy atom. The molecule has 0 saturated carbocycles. The topological polar surface area (TPSA) is 59.9 Å². The predicted molar refractivity (Wildman–Crippen MR) is 84.8 cm³/mol. The van der Waals surface area contributed by atoms with Crippen LogP contribution in [-0.2, 0) is 11.3 Å². The van der Waals surface area contributed by atoms with Gasteiger partial charge in [-0.05, 0) is 53.6 Å².